The quantitative estimate of drug-likeness (QED) is 0.306. The maximum absolute atomic E-state index is 12.9. The molecule has 0 saturated carbocycles. The zero-order valence-electron chi connectivity index (χ0n) is 17.8. The Labute approximate surface area is 199 Å². The Morgan fingerprint density at radius 1 is 1.09 bits per heavy atom. The van der Waals surface area contributed by atoms with Crippen molar-refractivity contribution in [1.29, 1.82) is 5.26 Å². The van der Waals surface area contributed by atoms with Gasteiger partial charge >= 0.3 is 6.18 Å². The minimum atomic E-state index is -4.55. The zero-order valence-corrected chi connectivity index (χ0v) is 18.6. The Bertz CT molecular complexity index is 1250. The van der Waals surface area contributed by atoms with Crippen molar-refractivity contribution in [1.82, 2.24) is 0 Å². The highest BCUT2D eigenvalue weighted by Gasteiger charge is 2.30. The third kappa shape index (κ3) is 6.53. The number of nitrogens with one attached hydrogen (secondary N) is 1. The average Bonchev–Trinajstić information content (AvgIpc) is 2.82. The standard InChI is InChI=1S/C25H18ClF3N2O3/c1-33-23-12-17(7-10-22(23)34-15-16-5-8-20(26)9-6-16)11-18(14-30)24(32)31-21-4-2-3-19(13-21)25(27,28)29/h2-13H,15H2,1H3,(H,31,32). The number of benzene rings is 3. The number of halogens is 4. The minimum Gasteiger partial charge on any atom is -0.493 e. The van der Waals surface area contributed by atoms with Gasteiger partial charge in [-0.1, -0.05) is 35.9 Å². The van der Waals surface area contributed by atoms with Gasteiger partial charge in [0.2, 0.25) is 0 Å². The summed E-state index contributed by atoms with van der Waals surface area (Å²) in [6.45, 7) is 0.269. The van der Waals surface area contributed by atoms with Crippen LogP contribution in [0.15, 0.2) is 72.3 Å². The van der Waals surface area contributed by atoms with Gasteiger partial charge in [-0.25, -0.2) is 0 Å². The van der Waals surface area contributed by atoms with Crippen molar-refractivity contribution in [3.63, 3.8) is 0 Å². The fraction of sp³-hybridized carbons (Fsp3) is 0.120. The van der Waals surface area contributed by atoms with Crippen molar-refractivity contribution < 1.29 is 27.4 Å². The van der Waals surface area contributed by atoms with E-state index in [4.69, 9.17) is 21.1 Å². The normalized spacial score (nSPS) is 11.5. The highest BCUT2D eigenvalue weighted by Crippen LogP contribution is 2.31. The molecule has 174 valence electrons. The van der Waals surface area contributed by atoms with Gasteiger partial charge in [0.15, 0.2) is 11.5 Å². The lowest BCUT2D eigenvalue weighted by atomic mass is 10.1. The van der Waals surface area contributed by atoms with Crippen LogP contribution in [0.25, 0.3) is 6.08 Å². The maximum Gasteiger partial charge on any atom is 0.416 e. The van der Waals surface area contributed by atoms with Gasteiger partial charge in [0.25, 0.3) is 5.91 Å². The molecule has 3 aromatic rings. The molecule has 0 aliphatic carbocycles. The van der Waals surface area contributed by atoms with Crippen molar-refractivity contribution in [2.24, 2.45) is 0 Å². The van der Waals surface area contributed by atoms with Gasteiger partial charge in [-0.2, -0.15) is 18.4 Å². The van der Waals surface area contributed by atoms with Gasteiger partial charge in [0, 0.05) is 10.7 Å². The zero-order chi connectivity index (χ0) is 24.7. The Morgan fingerprint density at radius 3 is 2.47 bits per heavy atom. The van der Waals surface area contributed by atoms with E-state index in [1.807, 2.05) is 12.1 Å². The molecule has 0 unspecified atom stereocenters. The number of anilines is 1. The van der Waals surface area contributed by atoms with Crippen LogP contribution in [-0.2, 0) is 17.6 Å². The number of amides is 1. The highest BCUT2D eigenvalue weighted by molar-refractivity contribution is 6.30. The summed E-state index contributed by atoms with van der Waals surface area (Å²) in [5.74, 6) is -0.0244. The molecule has 9 heteroatoms. The second kappa shape index (κ2) is 10.8. The van der Waals surface area contributed by atoms with E-state index < -0.39 is 17.6 Å². The molecule has 0 bridgehead atoms. The highest BCUT2D eigenvalue weighted by atomic mass is 35.5. The molecule has 0 spiro atoms. The van der Waals surface area contributed by atoms with E-state index in [0.717, 1.165) is 17.7 Å². The van der Waals surface area contributed by atoms with Crippen LogP contribution in [-0.4, -0.2) is 13.0 Å². The summed E-state index contributed by atoms with van der Waals surface area (Å²) in [7, 11) is 1.45. The van der Waals surface area contributed by atoms with Crippen LogP contribution in [0.1, 0.15) is 16.7 Å². The van der Waals surface area contributed by atoms with Crippen molar-refractivity contribution in [2.75, 3.05) is 12.4 Å². The van der Waals surface area contributed by atoms with E-state index in [-0.39, 0.29) is 17.9 Å². The minimum absolute atomic E-state index is 0.0792. The molecular weight excluding hydrogens is 469 g/mol. The number of nitrogens with zero attached hydrogens (tertiary/aromatic N) is 1. The van der Waals surface area contributed by atoms with Gasteiger partial charge in [-0.3, -0.25) is 4.79 Å². The van der Waals surface area contributed by atoms with Crippen LogP contribution in [0.2, 0.25) is 5.02 Å². The monoisotopic (exact) mass is 486 g/mol. The summed E-state index contributed by atoms with van der Waals surface area (Å²) >= 11 is 5.88. The number of hydrogen-bond acceptors (Lipinski definition) is 4. The van der Waals surface area contributed by atoms with Crippen LogP contribution >= 0.6 is 11.6 Å². The number of methoxy groups -OCH3 is 1. The number of hydrogen-bond donors (Lipinski definition) is 1. The van der Waals surface area contributed by atoms with Gasteiger partial charge < -0.3 is 14.8 Å². The second-order valence-corrected chi connectivity index (χ2v) is 7.46. The van der Waals surface area contributed by atoms with Crippen molar-refractivity contribution in [3.05, 3.63) is 94.0 Å². The lowest BCUT2D eigenvalue weighted by molar-refractivity contribution is -0.137. The molecule has 3 aromatic carbocycles. The van der Waals surface area contributed by atoms with E-state index in [1.54, 1.807) is 36.4 Å². The third-order valence-electron chi connectivity index (χ3n) is 4.62. The molecule has 0 aliphatic heterocycles. The largest absolute Gasteiger partial charge is 0.493 e. The van der Waals surface area contributed by atoms with Crippen LogP contribution in [0.4, 0.5) is 18.9 Å². The third-order valence-corrected chi connectivity index (χ3v) is 4.87. The number of nitriles is 1. The molecule has 3 rings (SSSR count). The molecule has 0 saturated heterocycles. The molecule has 5 nitrogen and oxygen atoms in total. The average molecular weight is 487 g/mol. The Balaban J connectivity index is 1.75. The first kappa shape index (κ1) is 24.7. The predicted octanol–water partition coefficient (Wildman–Crippen LogP) is 6.49. The first-order valence-electron chi connectivity index (χ1n) is 9.85. The number of rotatable bonds is 7. The van der Waals surface area contributed by atoms with Crippen molar-refractivity contribution in [2.45, 2.75) is 12.8 Å². The predicted molar refractivity (Wildman–Crippen MR) is 122 cm³/mol. The lowest BCUT2D eigenvalue weighted by Crippen LogP contribution is -2.14. The summed E-state index contributed by atoms with van der Waals surface area (Å²) < 4.78 is 49.8. The molecule has 0 fully saturated rings. The van der Waals surface area contributed by atoms with Crippen LogP contribution < -0.4 is 14.8 Å². The van der Waals surface area contributed by atoms with Crippen LogP contribution in [0.5, 0.6) is 11.5 Å². The smallest absolute Gasteiger partial charge is 0.416 e. The molecule has 0 aromatic heterocycles. The fourth-order valence-electron chi connectivity index (χ4n) is 2.92. The van der Waals surface area contributed by atoms with E-state index in [2.05, 4.69) is 5.32 Å². The maximum atomic E-state index is 12.9. The summed E-state index contributed by atoms with van der Waals surface area (Å²) in [5.41, 5.74) is 0.0744. The number of carbonyl (C=O) groups excluding carboxylic acids is 1. The van der Waals surface area contributed by atoms with E-state index >= 15 is 0 Å². The van der Waals surface area contributed by atoms with Gasteiger partial charge in [-0.05, 0) is 59.7 Å². The van der Waals surface area contributed by atoms with Gasteiger partial charge in [-0.15, -0.1) is 0 Å². The molecule has 1 amide bonds. The summed E-state index contributed by atoms with van der Waals surface area (Å²) in [6.07, 6.45) is -3.25. The van der Waals surface area contributed by atoms with E-state index in [9.17, 15) is 23.2 Å². The Hall–Kier alpha value is -3.96. The first-order chi connectivity index (χ1) is 16.2. The molecule has 0 radical (unpaired) electrons. The first-order valence-corrected chi connectivity index (χ1v) is 10.2. The molecule has 0 atom stereocenters. The van der Waals surface area contributed by atoms with Gasteiger partial charge in [0.05, 0.1) is 12.7 Å². The molecular formula is C25H18ClF3N2O3. The van der Waals surface area contributed by atoms with Gasteiger partial charge in [0.1, 0.15) is 18.2 Å². The summed E-state index contributed by atoms with van der Waals surface area (Å²) in [4.78, 5) is 12.5. The number of alkyl halides is 3. The SMILES string of the molecule is COc1cc(C=C(C#N)C(=O)Nc2cccc(C(F)(F)F)c2)ccc1OCc1ccc(Cl)cc1. The van der Waals surface area contributed by atoms with E-state index in [0.29, 0.717) is 22.1 Å². The van der Waals surface area contributed by atoms with E-state index in [1.165, 1.54) is 25.3 Å². The van der Waals surface area contributed by atoms with Crippen LogP contribution in [0.3, 0.4) is 0 Å². The Morgan fingerprint density at radius 2 is 1.82 bits per heavy atom. The fourth-order valence-corrected chi connectivity index (χ4v) is 3.05. The summed E-state index contributed by atoms with van der Waals surface area (Å²) in [6, 6.07) is 17.9. The summed E-state index contributed by atoms with van der Waals surface area (Å²) in [5, 5.41) is 12.3. The topological polar surface area (TPSA) is 71.3 Å². The molecule has 0 aliphatic rings. The second-order valence-electron chi connectivity index (χ2n) is 7.03. The molecule has 0 heterocycles. The number of carbonyl (C=O) groups is 1. The molecule has 1 N–H and O–H groups in total. The van der Waals surface area contributed by atoms with Crippen molar-refractivity contribution >= 4 is 29.3 Å². The molecule has 34 heavy (non-hydrogen) atoms. The van der Waals surface area contributed by atoms with Crippen LogP contribution in [0, 0.1) is 11.3 Å². The van der Waals surface area contributed by atoms with Crippen molar-refractivity contribution in [3.8, 4) is 17.6 Å². The Kier molecular flexibility index (Phi) is 7.82. The lowest BCUT2D eigenvalue weighted by Gasteiger charge is -2.12. The number of ether oxygens (including phenoxy) is 2.